The number of hydrogen-bond acceptors (Lipinski definition) is 4. The van der Waals surface area contributed by atoms with Gasteiger partial charge in [-0.1, -0.05) is 24.3 Å². The summed E-state index contributed by atoms with van der Waals surface area (Å²) in [6.07, 6.45) is 0.247. The molecule has 4 nitrogen and oxygen atoms in total. The normalized spacial score (nSPS) is 10.2. The molecule has 0 radical (unpaired) electrons. The van der Waals surface area contributed by atoms with Gasteiger partial charge in [0.15, 0.2) is 0 Å². The number of ether oxygens (including phenoxy) is 2. The molecule has 21 heavy (non-hydrogen) atoms. The number of carbonyl (C=O) groups is 1. The second kappa shape index (κ2) is 6.79. The molecule has 2 rings (SSSR count). The van der Waals surface area contributed by atoms with Crippen LogP contribution in [0.3, 0.4) is 0 Å². The van der Waals surface area contributed by atoms with Crippen molar-refractivity contribution in [3.05, 3.63) is 59.2 Å². The van der Waals surface area contributed by atoms with Gasteiger partial charge in [0.25, 0.3) is 0 Å². The quantitative estimate of drug-likeness (QED) is 0.678. The Morgan fingerprint density at radius 3 is 2.52 bits per heavy atom. The van der Waals surface area contributed by atoms with Crippen molar-refractivity contribution < 1.29 is 14.3 Å². The van der Waals surface area contributed by atoms with Gasteiger partial charge in [0.05, 0.1) is 13.5 Å². The maximum Gasteiger partial charge on any atom is 0.309 e. The zero-order chi connectivity index (χ0) is 15.2. The molecule has 0 aliphatic heterocycles. The summed E-state index contributed by atoms with van der Waals surface area (Å²) in [5.41, 5.74) is 9.39. The van der Waals surface area contributed by atoms with E-state index in [0.29, 0.717) is 6.61 Å². The van der Waals surface area contributed by atoms with Gasteiger partial charge in [-0.25, -0.2) is 0 Å². The third kappa shape index (κ3) is 3.99. The maximum absolute atomic E-state index is 11.4. The van der Waals surface area contributed by atoms with Crippen molar-refractivity contribution in [3.8, 4) is 5.75 Å². The molecule has 2 aromatic carbocycles. The number of esters is 1. The summed E-state index contributed by atoms with van der Waals surface area (Å²) in [6, 6.07) is 13.2. The van der Waals surface area contributed by atoms with Gasteiger partial charge in [0.2, 0.25) is 0 Å². The van der Waals surface area contributed by atoms with Crippen molar-refractivity contribution >= 4 is 11.7 Å². The number of hydrogen-bond donors (Lipinski definition) is 1. The van der Waals surface area contributed by atoms with Crippen LogP contribution in [-0.4, -0.2) is 13.1 Å². The average molecular weight is 285 g/mol. The predicted molar refractivity (Wildman–Crippen MR) is 82.1 cm³/mol. The Balaban J connectivity index is 2.09. The van der Waals surface area contributed by atoms with E-state index < -0.39 is 0 Å². The summed E-state index contributed by atoms with van der Waals surface area (Å²) in [5.74, 6) is 0.500. The molecule has 0 aliphatic carbocycles. The first kappa shape index (κ1) is 14.9. The fourth-order valence-corrected chi connectivity index (χ4v) is 2.00. The highest BCUT2D eigenvalue weighted by atomic mass is 16.5. The van der Waals surface area contributed by atoms with E-state index >= 15 is 0 Å². The molecular formula is C17H19NO3. The van der Waals surface area contributed by atoms with Crippen LogP contribution < -0.4 is 10.5 Å². The molecule has 0 unspecified atom stereocenters. The lowest BCUT2D eigenvalue weighted by molar-refractivity contribution is -0.139. The molecule has 0 saturated carbocycles. The van der Waals surface area contributed by atoms with Gasteiger partial charge in [-0.2, -0.15) is 0 Å². The first-order valence-corrected chi connectivity index (χ1v) is 6.72. The molecule has 0 atom stereocenters. The molecule has 0 fully saturated rings. The lowest BCUT2D eigenvalue weighted by Crippen LogP contribution is -2.08. The minimum atomic E-state index is -0.259. The van der Waals surface area contributed by atoms with Crippen molar-refractivity contribution in [2.45, 2.75) is 20.0 Å². The molecule has 2 aromatic rings. The van der Waals surface area contributed by atoms with Gasteiger partial charge in [-0.15, -0.1) is 0 Å². The van der Waals surface area contributed by atoms with Crippen LogP contribution in [0.1, 0.15) is 16.7 Å². The van der Waals surface area contributed by atoms with Crippen LogP contribution in [-0.2, 0) is 22.6 Å². The largest absolute Gasteiger partial charge is 0.489 e. The number of methoxy groups -OCH3 is 1. The van der Waals surface area contributed by atoms with Gasteiger partial charge in [-0.05, 0) is 41.8 Å². The minimum Gasteiger partial charge on any atom is -0.489 e. The summed E-state index contributed by atoms with van der Waals surface area (Å²) in [6.45, 7) is 2.34. The Morgan fingerprint density at radius 1 is 1.14 bits per heavy atom. The lowest BCUT2D eigenvalue weighted by atomic mass is 10.1. The molecule has 2 N–H and O–H groups in total. The Kier molecular flexibility index (Phi) is 4.82. The second-order valence-electron chi connectivity index (χ2n) is 4.83. The Morgan fingerprint density at radius 2 is 1.86 bits per heavy atom. The van der Waals surface area contributed by atoms with E-state index in [9.17, 15) is 4.79 Å². The van der Waals surface area contributed by atoms with E-state index in [1.807, 2.05) is 49.4 Å². The summed E-state index contributed by atoms with van der Waals surface area (Å²) in [5, 5.41) is 0. The van der Waals surface area contributed by atoms with Crippen LogP contribution >= 0.6 is 0 Å². The van der Waals surface area contributed by atoms with Crippen LogP contribution in [0.2, 0.25) is 0 Å². The first-order chi connectivity index (χ1) is 10.1. The van der Waals surface area contributed by atoms with E-state index in [4.69, 9.17) is 15.2 Å². The highest BCUT2D eigenvalue weighted by Gasteiger charge is 2.08. The van der Waals surface area contributed by atoms with E-state index in [1.54, 1.807) is 0 Å². The number of nitrogens with two attached hydrogens (primary N) is 1. The van der Waals surface area contributed by atoms with E-state index in [2.05, 4.69) is 0 Å². The Labute approximate surface area is 124 Å². The highest BCUT2D eigenvalue weighted by molar-refractivity contribution is 5.72. The van der Waals surface area contributed by atoms with Gasteiger partial charge in [-0.3, -0.25) is 4.79 Å². The van der Waals surface area contributed by atoms with Crippen LogP contribution in [0, 0.1) is 6.92 Å². The minimum absolute atomic E-state index is 0.247. The van der Waals surface area contributed by atoms with E-state index in [-0.39, 0.29) is 12.4 Å². The van der Waals surface area contributed by atoms with E-state index in [1.165, 1.54) is 7.11 Å². The van der Waals surface area contributed by atoms with E-state index in [0.717, 1.165) is 28.1 Å². The Bertz CT molecular complexity index is 638. The number of aryl methyl sites for hydroxylation is 1. The smallest absolute Gasteiger partial charge is 0.309 e. The summed E-state index contributed by atoms with van der Waals surface area (Å²) in [7, 11) is 1.39. The predicted octanol–water partition coefficient (Wildman–Crippen LogP) is 2.87. The average Bonchev–Trinajstić information content (AvgIpc) is 2.49. The first-order valence-electron chi connectivity index (χ1n) is 6.72. The van der Waals surface area contributed by atoms with Crippen molar-refractivity contribution in [3.63, 3.8) is 0 Å². The van der Waals surface area contributed by atoms with Gasteiger partial charge in [0, 0.05) is 5.69 Å². The molecule has 4 heteroatoms. The number of rotatable bonds is 5. The second-order valence-corrected chi connectivity index (χ2v) is 4.83. The third-order valence-corrected chi connectivity index (χ3v) is 3.32. The van der Waals surface area contributed by atoms with Crippen LogP contribution in [0.5, 0.6) is 5.75 Å². The molecular weight excluding hydrogens is 266 g/mol. The molecule has 0 aromatic heterocycles. The number of nitrogen functional groups attached to an aromatic ring is 1. The number of anilines is 1. The van der Waals surface area contributed by atoms with Crippen molar-refractivity contribution in [1.82, 2.24) is 0 Å². The van der Waals surface area contributed by atoms with Crippen molar-refractivity contribution in [2.75, 3.05) is 12.8 Å². The zero-order valence-corrected chi connectivity index (χ0v) is 12.3. The third-order valence-electron chi connectivity index (χ3n) is 3.32. The van der Waals surface area contributed by atoms with Gasteiger partial charge >= 0.3 is 5.97 Å². The summed E-state index contributed by atoms with van der Waals surface area (Å²) < 4.78 is 10.5. The maximum atomic E-state index is 11.4. The SMILES string of the molecule is COC(=O)Cc1ccccc1COc1ccc(N)c(C)c1. The zero-order valence-electron chi connectivity index (χ0n) is 12.3. The molecule has 0 spiro atoms. The monoisotopic (exact) mass is 285 g/mol. The topological polar surface area (TPSA) is 61.5 Å². The standard InChI is InChI=1S/C17H19NO3/c1-12-9-15(7-8-16(12)18)21-11-14-6-4-3-5-13(14)10-17(19)20-2/h3-9H,10-11,18H2,1-2H3. The fourth-order valence-electron chi connectivity index (χ4n) is 2.00. The fraction of sp³-hybridized carbons (Fsp3) is 0.235. The van der Waals surface area contributed by atoms with Gasteiger partial charge in [0.1, 0.15) is 12.4 Å². The van der Waals surface area contributed by atoms with Crippen molar-refractivity contribution in [1.29, 1.82) is 0 Å². The highest BCUT2D eigenvalue weighted by Crippen LogP contribution is 2.20. The Hall–Kier alpha value is -2.49. The summed E-state index contributed by atoms with van der Waals surface area (Å²) in [4.78, 5) is 11.4. The molecule has 0 heterocycles. The molecule has 110 valence electrons. The van der Waals surface area contributed by atoms with Crippen LogP contribution in [0.4, 0.5) is 5.69 Å². The van der Waals surface area contributed by atoms with Gasteiger partial charge < -0.3 is 15.2 Å². The molecule has 0 bridgehead atoms. The number of benzene rings is 2. The molecule has 0 saturated heterocycles. The van der Waals surface area contributed by atoms with Crippen LogP contribution in [0.25, 0.3) is 0 Å². The van der Waals surface area contributed by atoms with Crippen molar-refractivity contribution in [2.24, 2.45) is 0 Å². The molecule has 0 amide bonds. The lowest BCUT2D eigenvalue weighted by Gasteiger charge is -2.11. The number of carbonyl (C=O) groups excluding carboxylic acids is 1. The molecule has 0 aliphatic rings. The summed E-state index contributed by atoms with van der Waals surface area (Å²) >= 11 is 0. The van der Waals surface area contributed by atoms with Crippen LogP contribution in [0.15, 0.2) is 42.5 Å².